The lowest BCUT2D eigenvalue weighted by atomic mass is 10.0. The lowest BCUT2D eigenvalue weighted by Crippen LogP contribution is -2.26. The molecule has 0 spiro atoms. The Kier molecular flexibility index (Phi) is 6.64. The predicted octanol–water partition coefficient (Wildman–Crippen LogP) is 4.83. The molecule has 6 nitrogen and oxygen atoms in total. The van der Waals surface area contributed by atoms with Gasteiger partial charge in [0, 0.05) is 23.4 Å². The normalized spacial score (nSPS) is 15.1. The van der Waals surface area contributed by atoms with Crippen LogP contribution in [0.5, 0.6) is 5.75 Å². The molecule has 0 atom stereocenters. The van der Waals surface area contributed by atoms with E-state index in [1.54, 1.807) is 7.11 Å². The maximum atomic E-state index is 12.4. The Balaban J connectivity index is 1.37. The maximum absolute atomic E-state index is 12.4. The summed E-state index contributed by atoms with van der Waals surface area (Å²) in [4.78, 5) is 14.9. The Labute approximate surface area is 177 Å². The van der Waals surface area contributed by atoms with Crippen LogP contribution >= 0.6 is 0 Å². The standard InChI is InChI=1S/C24H30N4O2/c1-30-22-13-12-19(18-9-4-5-10-20(18)22)21-17-23(27-26-21)25-24(29)11-8-16-28-14-6-2-3-7-15-28/h4-5,9-10,12-13,17H,2-3,6-8,11,14-16H2,1H3,(H2,25,26,27,29). The molecule has 0 radical (unpaired) electrons. The first-order valence-electron chi connectivity index (χ1n) is 10.9. The molecule has 2 aromatic carbocycles. The van der Waals surface area contributed by atoms with Gasteiger partial charge < -0.3 is 15.0 Å². The molecule has 1 aliphatic rings. The van der Waals surface area contributed by atoms with Gasteiger partial charge in [-0.25, -0.2) is 0 Å². The van der Waals surface area contributed by atoms with Crippen LogP contribution in [0.25, 0.3) is 22.0 Å². The Hall–Kier alpha value is -2.86. The Morgan fingerprint density at radius 1 is 1.10 bits per heavy atom. The number of carbonyl (C=O) groups is 1. The largest absolute Gasteiger partial charge is 0.496 e. The summed E-state index contributed by atoms with van der Waals surface area (Å²) in [6.07, 6.45) is 6.63. The average molecular weight is 407 g/mol. The third-order valence-electron chi connectivity index (χ3n) is 5.82. The molecule has 158 valence electrons. The van der Waals surface area contributed by atoms with Crippen molar-refractivity contribution in [3.63, 3.8) is 0 Å². The summed E-state index contributed by atoms with van der Waals surface area (Å²) in [5.41, 5.74) is 1.90. The number of amides is 1. The fourth-order valence-electron chi connectivity index (χ4n) is 4.24. The van der Waals surface area contributed by atoms with Gasteiger partial charge in [0.15, 0.2) is 5.82 Å². The lowest BCUT2D eigenvalue weighted by Gasteiger charge is -2.19. The van der Waals surface area contributed by atoms with E-state index >= 15 is 0 Å². The van der Waals surface area contributed by atoms with Crippen LogP contribution < -0.4 is 10.1 Å². The van der Waals surface area contributed by atoms with Gasteiger partial charge in [0.2, 0.25) is 5.91 Å². The first kappa shape index (κ1) is 20.4. The molecule has 2 N–H and O–H groups in total. The summed E-state index contributed by atoms with van der Waals surface area (Å²) in [7, 11) is 1.68. The van der Waals surface area contributed by atoms with Gasteiger partial charge in [0.05, 0.1) is 12.8 Å². The van der Waals surface area contributed by atoms with E-state index < -0.39 is 0 Å². The van der Waals surface area contributed by atoms with Crippen molar-refractivity contribution in [3.05, 3.63) is 42.5 Å². The highest BCUT2D eigenvalue weighted by atomic mass is 16.5. The van der Waals surface area contributed by atoms with Crippen molar-refractivity contribution >= 4 is 22.5 Å². The third-order valence-corrected chi connectivity index (χ3v) is 5.82. The molecule has 4 rings (SSSR count). The Morgan fingerprint density at radius 3 is 2.63 bits per heavy atom. The second kappa shape index (κ2) is 9.76. The second-order valence-electron chi connectivity index (χ2n) is 7.94. The third kappa shape index (κ3) is 4.82. The number of hydrogen-bond donors (Lipinski definition) is 2. The van der Waals surface area contributed by atoms with Crippen LogP contribution in [-0.4, -0.2) is 47.7 Å². The molecule has 0 aliphatic carbocycles. The molecule has 1 aromatic heterocycles. The minimum absolute atomic E-state index is 0.0162. The van der Waals surface area contributed by atoms with E-state index in [0.717, 1.165) is 40.7 Å². The van der Waals surface area contributed by atoms with Gasteiger partial charge in [-0.15, -0.1) is 0 Å². The molecular weight excluding hydrogens is 376 g/mol. The molecule has 1 aliphatic heterocycles. The van der Waals surface area contributed by atoms with Gasteiger partial charge in [-0.3, -0.25) is 9.89 Å². The first-order valence-corrected chi connectivity index (χ1v) is 10.9. The number of H-pyrrole nitrogens is 1. The van der Waals surface area contributed by atoms with Crippen molar-refractivity contribution in [2.45, 2.75) is 38.5 Å². The summed E-state index contributed by atoms with van der Waals surface area (Å²) in [5.74, 6) is 1.42. The van der Waals surface area contributed by atoms with Gasteiger partial charge in [-0.1, -0.05) is 37.1 Å². The van der Waals surface area contributed by atoms with Crippen LogP contribution in [0.2, 0.25) is 0 Å². The molecule has 0 bridgehead atoms. The number of rotatable bonds is 7. The molecule has 0 saturated carbocycles. The van der Waals surface area contributed by atoms with E-state index in [2.05, 4.69) is 26.5 Å². The van der Waals surface area contributed by atoms with Gasteiger partial charge >= 0.3 is 0 Å². The minimum atomic E-state index is 0.0162. The lowest BCUT2D eigenvalue weighted by molar-refractivity contribution is -0.116. The number of benzene rings is 2. The van der Waals surface area contributed by atoms with E-state index in [4.69, 9.17) is 4.74 Å². The number of aromatic nitrogens is 2. The molecular formula is C24H30N4O2. The number of likely N-dealkylation sites (tertiary alicyclic amines) is 1. The predicted molar refractivity (Wildman–Crippen MR) is 121 cm³/mol. The zero-order valence-corrected chi connectivity index (χ0v) is 17.6. The number of nitrogens with zero attached hydrogens (tertiary/aromatic N) is 2. The van der Waals surface area contributed by atoms with Crippen LogP contribution in [-0.2, 0) is 4.79 Å². The van der Waals surface area contributed by atoms with Crippen LogP contribution in [0, 0.1) is 0 Å². The number of fused-ring (bicyclic) bond motifs is 1. The Bertz CT molecular complexity index is 990. The van der Waals surface area contributed by atoms with Crippen LogP contribution in [0.4, 0.5) is 5.82 Å². The van der Waals surface area contributed by atoms with Gasteiger partial charge in [0.25, 0.3) is 0 Å². The molecule has 1 amide bonds. The summed E-state index contributed by atoms with van der Waals surface area (Å²) in [6, 6.07) is 14.0. The zero-order valence-electron chi connectivity index (χ0n) is 17.6. The highest BCUT2D eigenvalue weighted by molar-refractivity contribution is 6.00. The molecule has 6 heteroatoms. The molecule has 30 heavy (non-hydrogen) atoms. The van der Waals surface area contributed by atoms with Crippen molar-refractivity contribution in [2.75, 3.05) is 32.1 Å². The fraction of sp³-hybridized carbons (Fsp3) is 0.417. The topological polar surface area (TPSA) is 70.2 Å². The Morgan fingerprint density at radius 2 is 1.87 bits per heavy atom. The number of hydrogen-bond acceptors (Lipinski definition) is 4. The van der Waals surface area contributed by atoms with Gasteiger partial charge in [0.1, 0.15) is 5.75 Å². The molecule has 1 fully saturated rings. The highest BCUT2D eigenvalue weighted by Crippen LogP contribution is 2.34. The van der Waals surface area contributed by atoms with Crippen molar-refractivity contribution in [1.82, 2.24) is 15.1 Å². The number of anilines is 1. The van der Waals surface area contributed by atoms with E-state index in [1.165, 1.54) is 38.8 Å². The quantitative estimate of drug-likeness (QED) is 0.589. The molecule has 0 unspecified atom stereocenters. The second-order valence-corrected chi connectivity index (χ2v) is 7.94. The average Bonchev–Trinajstić information content (AvgIpc) is 3.06. The van der Waals surface area contributed by atoms with Gasteiger partial charge in [-0.2, -0.15) is 5.10 Å². The summed E-state index contributed by atoms with van der Waals surface area (Å²) in [5, 5.41) is 12.4. The highest BCUT2D eigenvalue weighted by Gasteiger charge is 2.13. The minimum Gasteiger partial charge on any atom is -0.496 e. The maximum Gasteiger partial charge on any atom is 0.225 e. The van der Waals surface area contributed by atoms with E-state index in [9.17, 15) is 4.79 Å². The monoisotopic (exact) mass is 406 g/mol. The first-order chi connectivity index (χ1) is 14.7. The number of carbonyl (C=O) groups excluding carboxylic acids is 1. The number of nitrogens with one attached hydrogen (secondary N) is 2. The van der Waals surface area contributed by atoms with Crippen molar-refractivity contribution in [3.8, 4) is 17.0 Å². The number of ether oxygens (including phenoxy) is 1. The van der Waals surface area contributed by atoms with E-state index in [-0.39, 0.29) is 5.91 Å². The molecule has 3 aromatic rings. The van der Waals surface area contributed by atoms with Crippen molar-refractivity contribution in [1.29, 1.82) is 0 Å². The fourth-order valence-corrected chi connectivity index (χ4v) is 4.24. The summed E-state index contributed by atoms with van der Waals surface area (Å²) in [6.45, 7) is 3.33. The van der Waals surface area contributed by atoms with E-state index in [1.807, 2.05) is 36.4 Å². The zero-order chi connectivity index (χ0) is 20.8. The SMILES string of the molecule is COc1ccc(-c2cc(NC(=O)CCCN3CCCCCC3)n[nH]2)c2ccccc12. The smallest absolute Gasteiger partial charge is 0.225 e. The van der Waals surface area contributed by atoms with Gasteiger partial charge in [-0.05, 0) is 56.4 Å². The molecule has 1 saturated heterocycles. The van der Waals surface area contributed by atoms with Crippen LogP contribution in [0.15, 0.2) is 42.5 Å². The summed E-state index contributed by atoms with van der Waals surface area (Å²) >= 11 is 0. The van der Waals surface area contributed by atoms with Crippen LogP contribution in [0.1, 0.15) is 38.5 Å². The number of aromatic amines is 1. The van der Waals surface area contributed by atoms with Crippen LogP contribution in [0.3, 0.4) is 0 Å². The van der Waals surface area contributed by atoms with E-state index in [0.29, 0.717) is 12.2 Å². The number of methoxy groups -OCH3 is 1. The van der Waals surface area contributed by atoms with Crippen molar-refractivity contribution < 1.29 is 9.53 Å². The van der Waals surface area contributed by atoms with Crippen molar-refractivity contribution in [2.24, 2.45) is 0 Å². The summed E-state index contributed by atoms with van der Waals surface area (Å²) < 4.78 is 5.48. The molecule has 2 heterocycles.